The van der Waals surface area contributed by atoms with Gasteiger partial charge in [-0.05, 0) is 62.3 Å². The lowest BCUT2D eigenvalue weighted by molar-refractivity contribution is -0.200. The summed E-state index contributed by atoms with van der Waals surface area (Å²) >= 11 is 0. The molecule has 0 atom stereocenters. The van der Waals surface area contributed by atoms with E-state index in [1.807, 2.05) is 0 Å². The molecule has 0 spiro atoms. The lowest BCUT2D eigenvalue weighted by Gasteiger charge is -2.34. The van der Waals surface area contributed by atoms with Crippen molar-refractivity contribution in [2.45, 2.75) is 117 Å². The fourth-order valence-corrected chi connectivity index (χ4v) is 4.02. The van der Waals surface area contributed by atoms with Crippen LogP contribution < -0.4 is 5.32 Å². The molecule has 3 amide bonds. The molecule has 17 heteroatoms. The van der Waals surface area contributed by atoms with Gasteiger partial charge < -0.3 is 43.3 Å². The molecule has 1 rings (SSSR count). The van der Waals surface area contributed by atoms with Gasteiger partial charge in [0.1, 0.15) is 35.6 Å². The average molecular weight is 719 g/mol. The van der Waals surface area contributed by atoms with Gasteiger partial charge in [0, 0.05) is 12.8 Å². The molecular weight excluding hydrogens is 664 g/mol. The highest BCUT2D eigenvalue weighted by atomic mass is 16.7. The lowest BCUT2D eigenvalue weighted by atomic mass is 10.0. The van der Waals surface area contributed by atoms with Gasteiger partial charge in [-0.25, -0.2) is 4.79 Å². The first-order valence-corrected chi connectivity index (χ1v) is 16.3. The summed E-state index contributed by atoms with van der Waals surface area (Å²) in [5.41, 5.74) is -3.56. The summed E-state index contributed by atoms with van der Waals surface area (Å²) in [6.45, 7) is 13.0. The van der Waals surface area contributed by atoms with Crippen LogP contribution in [0.2, 0.25) is 0 Å². The Morgan fingerprint density at radius 3 is 1.26 bits per heavy atom. The molecule has 0 bridgehead atoms. The van der Waals surface area contributed by atoms with Gasteiger partial charge in [0.05, 0.1) is 58.9 Å². The van der Waals surface area contributed by atoms with Crippen LogP contribution in [0.25, 0.3) is 0 Å². The Bertz CT molecular complexity index is 1080. The van der Waals surface area contributed by atoms with Crippen molar-refractivity contribution in [3.05, 3.63) is 0 Å². The Morgan fingerprint density at radius 2 is 0.920 bits per heavy atom. The van der Waals surface area contributed by atoms with Crippen LogP contribution in [0.1, 0.15) is 94.4 Å². The molecule has 0 unspecified atom stereocenters. The summed E-state index contributed by atoms with van der Waals surface area (Å²) in [6, 6.07) is 0. The number of carbonyl (C=O) groups excluding carboxylic acids is 7. The molecule has 0 aromatic heterocycles. The summed E-state index contributed by atoms with van der Waals surface area (Å²) in [7, 11) is 0. The van der Waals surface area contributed by atoms with Gasteiger partial charge in [0.25, 0.3) is 11.8 Å². The smallest absolute Gasteiger partial charge is 0.358 e. The lowest BCUT2D eigenvalue weighted by Crippen LogP contribution is -2.59. The van der Waals surface area contributed by atoms with Gasteiger partial charge in [-0.1, -0.05) is 0 Å². The van der Waals surface area contributed by atoms with Crippen molar-refractivity contribution >= 4 is 41.6 Å². The third-order valence-corrected chi connectivity index (χ3v) is 5.80. The molecule has 1 N–H and O–H groups in total. The summed E-state index contributed by atoms with van der Waals surface area (Å²) < 4.78 is 38.4. The van der Waals surface area contributed by atoms with Gasteiger partial charge >= 0.3 is 23.9 Å². The van der Waals surface area contributed by atoms with Gasteiger partial charge in [0.15, 0.2) is 0 Å². The van der Waals surface area contributed by atoms with Gasteiger partial charge in [-0.2, -0.15) is 0 Å². The second-order valence-electron chi connectivity index (χ2n) is 14.5. The predicted octanol–water partition coefficient (Wildman–Crippen LogP) is 1.71. The Hall–Kier alpha value is -3.67. The zero-order valence-corrected chi connectivity index (χ0v) is 30.8. The molecule has 0 radical (unpaired) electrons. The maximum Gasteiger partial charge on any atom is 0.358 e. The van der Waals surface area contributed by atoms with Crippen molar-refractivity contribution < 1.29 is 71.6 Å². The minimum absolute atomic E-state index is 0.0863. The first-order chi connectivity index (χ1) is 23.0. The number of nitrogens with zero attached hydrogens (tertiary/aromatic N) is 1. The highest BCUT2D eigenvalue weighted by Gasteiger charge is 2.35. The van der Waals surface area contributed by atoms with Crippen LogP contribution in [-0.2, 0) is 71.6 Å². The second kappa shape index (κ2) is 20.2. The van der Waals surface area contributed by atoms with E-state index in [0.717, 1.165) is 0 Å². The number of ether oxygens (including phenoxy) is 7. The molecule has 1 fully saturated rings. The maximum atomic E-state index is 13.1. The standard InChI is InChI=1S/C33H54N2O15/c1-30(2,3)47-26(39)12-15-43-20-33(21-44-16-13-27(40)48-31(4,5)6,22-45-17-14-28(41)49-32(7,8)9)34-23(36)18-46-19-29(42)50-35-24(37)10-11-25(35)38/h10-22H2,1-9H3,(H,34,36). The average Bonchev–Trinajstić information content (AvgIpc) is 3.25. The Balaban J connectivity index is 3.01. The molecule has 1 aliphatic rings. The number of hydroxylamine groups is 2. The van der Waals surface area contributed by atoms with Crippen LogP contribution in [0, 0.1) is 0 Å². The number of rotatable bonds is 21. The molecule has 17 nitrogen and oxygen atoms in total. The quantitative estimate of drug-likeness (QED) is 0.0775. The second-order valence-corrected chi connectivity index (χ2v) is 14.5. The molecule has 1 heterocycles. The zero-order valence-electron chi connectivity index (χ0n) is 30.8. The maximum absolute atomic E-state index is 13.1. The molecule has 0 aromatic carbocycles. The number of nitrogens with one attached hydrogen (secondary N) is 1. The summed E-state index contributed by atoms with van der Waals surface area (Å²) in [4.78, 5) is 90.0. The number of esters is 3. The third kappa shape index (κ3) is 20.8. The highest BCUT2D eigenvalue weighted by molar-refractivity contribution is 6.01. The number of imide groups is 1. The van der Waals surface area contributed by atoms with Crippen molar-refractivity contribution in [3.8, 4) is 0 Å². The number of carbonyl (C=O) groups is 7. The molecule has 1 aliphatic heterocycles. The van der Waals surface area contributed by atoms with E-state index in [-0.39, 0.29) is 71.7 Å². The molecule has 1 saturated heterocycles. The van der Waals surface area contributed by atoms with E-state index in [4.69, 9.17) is 38.0 Å². The number of hydrogen-bond donors (Lipinski definition) is 1. The fraction of sp³-hybridized carbons (Fsp3) is 0.788. The van der Waals surface area contributed by atoms with E-state index in [2.05, 4.69) is 5.32 Å². The van der Waals surface area contributed by atoms with E-state index in [1.54, 1.807) is 62.3 Å². The topological polar surface area (TPSA) is 209 Å². The van der Waals surface area contributed by atoms with Crippen molar-refractivity contribution in [3.63, 3.8) is 0 Å². The van der Waals surface area contributed by atoms with Gasteiger partial charge in [0.2, 0.25) is 5.91 Å². The van der Waals surface area contributed by atoms with E-state index in [9.17, 15) is 33.6 Å². The first kappa shape index (κ1) is 44.4. The van der Waals surface area contributed by atoms with Crippen LogP contribution >= 0.6 is 0 Å². The van der Waals surface area contributed by atoms with Gasteiger partial charge in [-0.3, -0.25) is 28.8 Å². The monoisotopic (exact) mass is 718 g/mol. The highest BCUT2D eigenvalue weighted by Crippen LogP contribution is 2.15. The summed E-state index contributed by atoms with van der Waals surface area (Å²) in [6.07, 6.45) is -0.484. The largest absolute Gasteiger partial charge is 0.460 e. The molecule has 0 aromatic rings. The zero-order chi connectivity index (χ0) is 38.2. The molecule has 50 heavy (non-hydrogen) atoms. The van der Waals surface area contributed by atoms with Crippen LogP contribution in [0.3, 0.4) is 0 Å². The van der Waals surface area contributed by atoms with Crippen LogP contribution in [0.15, 0.2) is 0 Å². The van der Waals surface area contributed by atoms with Crippen LogP contribution in [0.5, 0.6) is 0 Å². The van der Waals surface area contributed by atoms with Crippen molar-refractivity contribution in [1.29, 1.82) is 0 Å². The third-order valence-electron chi connectivity index (χ3n) is 5.80. The number of amides is 3. The van der Waals surface area contributed by atoms with E-state index in [1.165, 1.54) is 0 Å². The summed E-state index contributed by atoms with van der Waals surface area (Å²) in [5.74, 6) is -4.69. The van der Waals surface area contributed by atoms with Crippen LogP contribution in [-0.4, -0.2) is 122 Å². The Kier molecular flexibility index (Phi) is 18.0. The first-order valence-electron chi connectivity index (χ1n) is 16.3. The van der Waals surface area contributed by atoms with Gasteiger partial charge in [-0.15, -0.1) is 5.06 Å². The Labute approximate surface area is 293 Å². The number of hydrogen-bond acceptors (Lipinski definition) is 15. The van der Waals surface area contributed by atoms with E-state index in [0.29, 0.717) is 5.06 Å². The molecule has 286 valence electrons. The molecule has 0 aliphatic carbocycles. The Morgan fingerprint density at radius 1 is 0.560 bits per heavy atom. The molecule has 0 saturated carbocycles. The summed E-state index contributed by atoms with van der Waals surface area (Å²) in [5, 5.41) is 3.07. The van der Waals surface area contributed by atoms with Crippen LogP contribution in [0.4, 0.5) is 0 Å². The fourth-order valence-electron chi connectivity index (χ4n) is 4.02. The minimum atomic E-state index is -1.45. The van der Waals surface area contributed by atoms with E-state index < -0.39 is 77.2 Å². The van der Waals surface area contributed by atoms with Crippen molar-refractivity contribution in [1.82, 2.24) is 10.4 Å². The SMILES string of the molecule is CC(C)(C)OC(=O)CCOCC(COCCC(=O)OC(C)(C)C)(COCCC(=O)OC(C)(C)C)NC(=O)COCC(=O)ON1C(=O)CCC1=O. The molecular formula is C33H54N2O15. The van der Waals surface area contributed by atoms with E-state index >= 15 is 0 Å². The predicted molar refractivity (Wildman–Crippen MR) is 173 cm³/mol. The normalized spacial score (nSPS) is 14.0. The minimum Gasteiger partial charge on any atom is -0.460 e. The van der Waals surface area contributed by atoms with Crippen molar-refractivity contribution in [2.75, 3.05) is 52.9 Å². The van der Waals surface area contributed by atoms with Crippen molar-refractivity contribution in [2.24, 2.45) is 0 Å².